The van der Waals surface area contributed by atoms with Gasteiger partial charge in [0.05, 0.1) is 23.4 Å². The van der Waals surface area contributed by atoms with Crippen molar-refractivity contribution >= 4 is 17.5 Å². The lowest BCUT2D eigenvalue weighted by Gasteiger charge is -2.08. The molecule has 0 bridgehead atoms. The number of pyridine rings is 1. The molecule has 0 aliphatic rings. The zero-order valence-corrected chi connectivity index (χ0v) is 16.7. The Kier molecular flexibility index (Phi) is 5.57. The SMILES string of the molecule is CCOC(=O)CNC(=O)n1nc(-c2c(-c3ccccc3)nn3ccccc23)ccc1=O. The smallest absolute Gasteiger partial charge is 0.345 e. The molecule has 0 unspecified atom stereocenters. The van der Waals surface area contributed by atoms with Gasteiger partial charge in [-0.1, -0.05) is 36.4 Å². The number of esters is 1. The fourth-order valence-corrected chi connectivity index (χ4v) is 3.17. The zero-order valence-electron chi connectivity index (χ0n) is 16.7. The van der Waals surface area contributed by atoms with E-state index in [4.69, 9.17) is 4.74 Å². The molecular formula is C22H19N5O4. The van der Waals surface area contributed by atoms with E-state index in [0.717, 1.165) is 11.1 Å². The number of hydrogen-bond donors (Lipinski definition) is 1. The van der Waals surface area contributed by atoms with Gasteiger partial charge in [0.25, 0.3) is 5.56 Å². The molecule has 156 valence electrons. The van der Waals surface area contributed by atoms with E-state index in [0.29, 0.717) is 21.6 Å². The molecule has 3 heterocycles. The third-order valence-corrected chi connectivity index (χ3v) is 4.53. The normalized spacial score (nSPS) is 10.7. The molecule has 0 spiro atoms. The van der Waals surface area contributed by atoms with Gasteiger partial charge in [-0.2, -0.15) is 10.2 Å². The molecule has 0 saturated carbocycles. The van der Waals surface area contributed by atoms with Crippen LogP contribution in [0.5, 0.6) is 0 Å². The third-order valence-electron chi connectivity index (χ3n) is 4.53. The molecule has 31 heavy (non-hydrogen) atoms. The van der Waals surface area contributed by atoms with E-state index in [2.05, 4.69) is 15.5 Å². The molecule has 0 atom stereocenters. The summed E-state index contributed by atoms with van der Waals surface area (Å²) in [6.45, 7) is 1.49. The maximum absolute atomic E-state index is 12.5. The van der Waals surface area contributed by atoms with E-state index in [1.165, 1.54) is 6.07 Å². The average molecular weight is 417 g/mol. The molecule has 9 heteroatoms. The number of nitrogens with one attached hydrogen (secondary N) is 1. The second-order valence-electron chi connectivity index (χ2n) is 6.55. The monoisotopic (exact) mass is 417 g/mol. The Morgan fingerprint density at radius 3 is 2.55 bits per heavy atom. The predicted octanol–water partition coefficient (Wildman–Crippen LogP) is 2.35. The summed E-state index contributed by atoms with van der Waals surface area (Å²) < 4.78 is 7.19. The van der Waals surface area contributed by atoms with Crippen molar-refractivity contribution in [2.45, 2.75) is 6.92 Å². The highest BCUT2D eigenvalue weighted by molar-refractivity contribution is 5.91. The number of nitrogens with zero attached hydrogens (tertiary/aromatic N) is 4. The van der Waals surface area contributed by atoms with Crippen molar-refractivity contribution in [3.05, 3.63) is 77.2 Å². The Balaban J connectivity index is 1.79. The van der Waals surface area contributed by atoms with Crippen LogP contribution in [0, 0.1) is 0 Å². The van der Waals surface area contributed by atoms with Gasteiger partial charge in [-0.15, -0.1) is 4.68 Å². The Morgan fingerprint density at radius 1 is 1.00 bits per heavy atom. The maximum Gasteiger partial charge on any atom is 0.345 e. The van der Waals surface area contributed by atoms with Crippen LogP contribution in [-0.4, -0.2) is 44.5 Å². The third kappa shape index (κ3) is 4.06. The van der Waals surface area contributed by atoms with Crippen LogP contribution in [0.1, 0.15) is 6.92 Å². The summed E-state index contributed by atoms with van der Waals surface area (Å²) >= 11 is 0. The van der Waals surface area contributed by atoms with Gasteiger partial charge < -0.3 is 10.1 Å². The van der Waals surface area contributed by atoms with Gasteiger partial charge in [-0.3, -0.25) is 9.59 Å². The summed E-state index contributed by atoms with van der Waals surface area (Å²) in [5.74, 6) is -0.603. The fraction of sp³-hybridized carbons (Fsp3) is 0.136. The summed E-state index contributed by atoms with van der Waals surface area (Å²) in [7, 11) is 0. The first-order valence-corrected chi connectivity index (χ1v) is 9.66. The first kappa shape index (κ1) is 20.0. The highest BCUT2D eigenvalue weighted by Crippen LogP contribution is 2.33. The highest BCUT2D eigenvalue weighted by atomic mass is 16.5. The Morgan fingerprint density at radius 2 is 1.77 bits per heavy atom. The van der Waals surface area contributed by atoms with E-state index in [1.807, 2.05) is 54.7 Å². The van der Waals surface area contributed by atoms with E-state index in [1.54, 1.807) is 17.5 Å². The second kappa shape index (κ2) is 8.62. The molecule has 4 rings (SSSR count). The molecule has 0 fully saturated rings. The Labute approximate surface area is 176 Å². The second-order valence-corrected chi connectivity index (χ2v) is 6.55. The van der Waals surface area contributed by atoms with Gasteiger partial charge in [0, 0.05) is 17.8 Å². The Hall–Kier alpha value is -4.27. The van der Waals surface area contributed by atoms with Gasteiger partial charge >= 0.3 is 12.0 Å². The van der Waals surface area contributed by atoms with Gasteiger partial charge in [-0.25, -0.2) is 9.31 Å². The molecule has 0 saturated heterocycles. The average Bonchev–Trinajstić information content (AvgIpc) is 3.18. The van der Waals surface area contributed by atoms with E-state index in [-0.39, 0.29) is 13.2 Å². The maximum atomic E-state index is 12.5. The number of carbonyl (C=O) groups is 2. The molecular weight excluding hydrogens is 398 g/mol. The lowest BCUT2D eigenvalue weighted by Crippen LogP contribution is -2.40. The molecule has 1 N–H and O–H groups in total. The quantitative estimate of drug-likeness (QED) is 0.500. The van der Waals surface area contributed by atoms with Crippen LogP contribution in [0.3, 0.4) is 0 Å². The van der Waals surface area contributed by atoms with Crippen LogP contribution in [0.25, 0.3) is 28.0 Å². The van der Waals surface area contributed by atoms with Crippen LogP contribution >= 0.6 is 0 Å². The zero-order chi connectivity index (χ0) is 21.8. The largest absolute Gasteiger partial charge is 0.465 e. The van der Waals surface area contributed by atoms with Crippen LogP contribution in [0.15, 0.2) is 71.7 Å². The van der Waals surface area contributed by atoms with Gasteiger partial charge in [0.2, 0.25) is 0 Å². The van der Waals surface area contributed by atoms with Gasteiger partial charge in [0.15, 0.2) is 0 Å². The summed E-state index contributed by atoms with van der Waals surface area (Å²) in [5.41, 5.74) is 2.75. The molecule has 3 aromatic heterocycles. The number of hydrogen-bond acceptors (Lipinski definition) is 6. The number of fused-ring (bicyclic) bond motifs is 1. The first-order valence-electron chi connectivity index (χ1n) is 9.66. The van der Waals surface area contributed by atoms with Crippen LogP contribution < -0.4 is 10.9 Å². The number of ether oxygens (including phenoxy) is 1. The number of amides is 1. The number of benzene rings is 1. The highest BCUT2D eigenvalue weighted by Gasteiger charge is 2.19. The standard InChI is InChI=1S/C22H19N5O4/c1-2-31-19(29)14-23-22(30)27-18(28)12-11-16(24-27)20-17-10-6-7-13-26(17)25-21(20)15-8-4-3-5-9-15/h3-13H,2,14H2,1H3,(H,23,30). The molecule has 0 aliphatic heterocycles. The number of rotatable bonds is 5. The summed E-state index contributed by atoms with van der Waals surface area (Å²) in [5, 5.41) is 11.3. The topological polar surface area (TPSA) is 108 Å². The van der Waals surface area contributed by atoms with Crippen molar-refractivity contribution in [3.63, 3.8) is 0 Å². The lowest BCUT2D eigenvalue weighted by molar-refractivity contribution is -0.141. The van der Waals surface area contributed by atoms with Crippen molar-refractivity contribution in [2.75, 3.05) is 13.2 Å². The van der Waals surface area contributed by atoms with Crippen LogP contribution in [0.4, 0.5) is 4.79 Å². The summed E-state index contributed by atoms with van der Waals surface area (Å²) in [6.07, 6.45) is 1.81. The van der Waals surface area contributed by atoms with Crippen LogP contribution in [0.2, 0.25) is 0 Å². The van der Waals surface area contributed by atoms with Crippen molar-refractivity contribution in [1.29, 1.82) is 0 Å². The minimum atomic E-state index is -0.822. The molecule has 4 aromatic rings. The minimum absolute atomic E-state index is 0.194. The minimum Gasteiger partial charge on any atom is -0.465 e. The predicted molar refractivity (Wildman–Crippen MR) is 114 cm³/mol. The molecule has 1 aromatic carbocycles. The van der Waals surface area contributed by atoms with E-state index >= 15 is 0 Å². The van der Waals surface area contributed by atoms with E-state index < -0.39 is 17.6 Å². The van der Waals surface area contributed by atoms with Gasteiger partial charge in [-0.05, 0) is 25.1 Å². The molecule has 9 nitrogen and oxygen atoms in total. The molecule has 0 aliphatic carbocycles. The Bertz CT molecular complexity index is 1310. The van der Waals surface area contributed by atoms with Gasteiger partial charge in [0.1, 0.15) is 12.2 Å². The fourth-order valence-electron chi connectivity index (χ4n) is 3.17. The van der Waals surface area contributed by atoms with Crippen LogP contribution in [-0.2, 0) is 9.53 Å². The van der Waals surface area contributed by atoms with Crippen molar-refractivity contribution in [2.24, 2.45) is 0 Å². The van der Waals surface area contributed by atoms with Crippen molar-refractivity contribution in [1.82, 2.24) is 24.7 Å². The summed E-state index contributed by atoms with van der Waals surface area (Å²) in [4.78, 5) is 36.3. The molecule has 1 amide bonds. The first-order chi connectivity index (χ1) is 15.1. The number of aromatic nitrogens is 4. The number of carbonyl (C=O) groups excluding carboxylic acids is 2. The van der Waals surface area contributed by atoms with Crippen molar-refractivity contribution < 1.29 is 14.3 Å². The van der Waals surface area contributed by atoms with Crippen molar-refractivity contribution in [3.8, 4) is 22.5 Å². The van der Waals surface area contributed by atoms with E-state index in [9.17, 15) is 14.4 Å². The molecule has 0 radical (unpaired) electrons. The lowest BCUT2D eigenvalue weighted by atomic mass is 10.0. The summed E-state index contributed by atoms with van der Waals surface area (Å²) in [6, 6.07) is 17.2.